The molecule has 10 heteroatoms. The van der Waals surface area contributed by atoms with Crippen LogP contribution >= 0.6 is 0 Å². The van der Waals surface area contributed by atoms with E-state index in [0.29, 0.717) is 23.5 Å². The van der Waals surface area contributed by atoms with Gasteiger partial charge in [-0.3, -0.25) is 25.0 Å². The molecule has 0 bridgehead atoms. The summed E-state index contributed by atoms with van der Waals surface area (Å²) in [5, 5.41) is 13.0. The van der Waals surface area contributed by atoms with Gasteiger partial charge in [0.25, 0.3) is 17.5 Å². The van der Waals surface area contributed by atoms with Crippen molar-refractivity contribution in [1.29, 1.82) is 0 Å². The number of anilines is 1. The standard InChI is InChI=1S/C22H19N3O7/c1-4-5-14-10-13(12-18(31-2)19(14)32-3)11-17-20(26)23-22(28)24(21(17)27)15-6-8-16(9-7-15)25(29)30/h4,6-12H,1,5H2,2-3H3,(H,23,26,28)/b17-11+. The molecule has 0 radical (unpaired) electrons. The lowest BCUT2D eigenvalue weighted by Crippen LogP contribution is -2.54. The second-order valence-corrected chi connectivity index (χ2v) is 6.64. The second kappa shape index (κ2) is 9.13. The molecule has 1 aliphatic rings. The van der Waals surface area contributed by atoms with Crippen molar-refractivity contribution in [2.45, 2.75) is 6.42 Å². The Kier molecular flexibility index (Phi) is 6.34. The number of hydrogen-bond acceptors (Lipinski definition) is 7. The van der Waals surface area contributed by atoms with Gasteiger partial charge in [0.05, 0.1) is 24.8 Å². The molecular formula is C22H19N3O7. The van der Waals surface area contributed by atoms with Gasteiger partial charge in [0.15, 0.2) is 11.5 Å². The monoisotopic (exact) mass is 437 g/mol. The summed E-state index contributed by atoms with van der Waals surface area (Å²) in [7, 11) is 2.95. The van der Waals surface area contributed by atoms with Crippen molar-refractivity contribution >= 4 is 35.3 Å². The fourth-order valence-corrected chi connectivity index (χ4v) is 3.24. The molecule has 32 heavy (non-hydrogen) atoms. The third kappa shape index (κ3) is 4.19. The van der Waals surface area contributed by atoms with Gasteiger partial charge in [0.2, 0.25) is 0 Å². The van der Waals surface area contributed by atoms with E-state index in [1.807, 2.05) is 0 Å². The topological polar surface area (TPSA) is 128 Å². The summed E-state index contributed by atoms with van der Waals surface area (Å²) >= 11 is 0. The Morgan fingerprint density at radius 3 is 2.38 bits per heavy atom. The molecule has 0 unspecified atom stereocenters. The Morgan fingerprint density at radius 1 is 1.12 bits per heavy atom. The number of non-ortho nitro benzene ring substituents is 1. The number of hydrogen-bond donors (Lipinski definition) is 1. The molecule has 1 N–H and O–H groups in total. The third-order valence-electron chi connectivity index (χ3n) is 4.67. The Labute approximate surface area is 182 Å². The molecule has 0 spiro atoms. The maximum absolute atomic E-state index is 13.0. The molecule has 4 amide bonds. The van der Waals surface area contributed by atoms with Crippen molar-refractivity contribution in [3.05, 3.63) is 75.9 Å². The number of methoxy groups -OCH3 is 2. The van der Waals surface area contributed by atoms with Gasteiger partial charge in [-0.1, -0.05) is 6.08 Å². The van der Waals surface area contributed by atoms with E-state index in [2.05, 4.69) is 11.9 Å². The number of urea groups is 1. The normalized spacial score (nSPS) is 14.9. The summed E-state index contributed by atoms with van der Waals surface area (Å²) in [6.45, 7) is 3.71. The quantitative estimate of drug-likeness (QED) is 0.232. The fourth-order valence-electron chi connectivity index (χ4n) is 3.24. The summed E-state index contributed by atoms with van der Waals surface area (Å²) < 4.78 is 10.7. The number of allylic oxidation sites excluding steroid dienone is 1. The zero-order valence-electron chi connectivity index (χ0n) is 17.3. The average molecular weight is 437 g/mol. The summed E-state index contributed by atoms with van der Waals surface area (Å²) in [6, 6.07) is 7.17. The number of rotatable bonds is 7. The van der Waals surface area contributed by atoms with Crippen LogP contribution in [0.1, 0.15) is 11.1 Å². The van der Waals surface area contributed by atoms with Crippen molar-refractivity contribution in [3.8, 4) is 11.5 Å². The van der Waals surface area contributed by atoms with E-state index >= 15 is 0 Å². The molecule has 1 saturated heterocycles. The van der Waals surface area contributed by atoms with E-state index in [0.717, 1.165) is 22.6 Å². The van der Waals surface area contributed by atoms with Crippen LogP contribution in [-0.4, -0.2) is 37.0 Å². The maximum atomic E-state index is 13.0. The van der Waals surface area contributed by atoms with E-state index in [9.17, 15) is 24.5 Å². The molecule has 0 atom stereocenters. The molecule has 0 saturated carbocycles. The molecule has 2 aromatic rings. The molecule has 10 nitrogen and oxygen atoms in total. The molecule has 1 heterocycles. The van der Waals surface area contributed by atoms with Crippen LogP contribution in [0.2, 0.25) is 0 Å². The number of imide groups is 2. The third-order valence-corrected chi connectivity index (χ3v) is 4.67. The van der Waals surface area contributed by atoms with E-state index in [4.69, 9.17) is 9.47 Å². The molecule has 164 valence electrons. The van der Waals surface area contributed by atoms with Crippen molar-refractivity contribution in [3.63, 3.8) is 0 Å². The SMILES string of the molecule is C=CCc1cc(/C=C2\C(=O)NC(=O)N(c3ccc([N+](=O)[O-])cc3)C2=O)cc(OC)c1OC. The van der Waals surface area contributed by atoms with Crippen LogP contribution in [0.25, 0.3) is 6.08 Å². The highest BCUT2D eigenvalue weighted by molar-refractivity contribution is 6.39. The van der Waals surface area contributed by atoms with E-state index in [1.165, 1.54) is 32.4 Å². The van der Waals surface area contributed by atoms with Crippen LogP contribution in [0.3, 0.4) is 0 Å². The Morgan fingerprint density at radius 2 is 1.81 bits per heavy atom. The second-order valence-electron chi connectivity index (χ2n) is 6.64. The van der Waals surface area contributed by atoms with E-state index < -0.39 is 22.8 Å². The molecule has 0 aromatic heterocycles. The van der Waals surface area contributed by atoms with Gasteiger partial charge >= 0.3 is 6.03 Å². The van der Waals surface area contributed by atoms with Gasteiger partial charge < -0.3 is 9.47 Å². The number of nitro benzene ring substituents is 1. The van der Waals surface area contributed by atoms with Gasteiger partial charge in [-0.25, -0.2) is 9.69 Å². The smallest absolute Gasteiger partial charge is 0.335 e. The Hall–Kier alpha value is -4.47. The number of ether oxygens (including phenoxy) is 2. The first kappa shape index (κ1) is 22.2. The van der Waals surface area contributed by atoms with Crippen molar-refractivity contribution < 1.29 is 28.8 Å². The van der Waals surface area contributed by atoms with Gasteiger partial charge in [-0.2, -0.15) is 0 Å². The Bertz CT molecular complexity index is 1150. The highest BCUT2D eigenvalue weighted by atomic mass is 16.6. The predicted octanol–water partition coefficient (Wildman–Crippen LogP) is 3.01. The molecule has 1 aliphatic heterocycles. The van der Waals surface area contributed by atoms with Crippen LogP contribution in [0.5, 0.6) is 11.5 Å². The van der Waals surface area contributed by atoms with Crippen molar-refractivity contribution in [2.24, 2.45) is 0 Å². The average Bonchev–Trinajstić information content (AvgIpc) is 2.76. The first-order valence-corrected chi connectivity index (χ1v) is 9.32. The number of benzene rings is 2. The zero-order chi connectivity index (χ0) is 23.4. The molecular weight excluding hydrogens is 418 g/mol. The van der Waals surface area contributed by atoms with Crippen LogP contribution in [-0.2, 0) is 16.0 Å². The van der Waals surface area contributed by atoms with Crippen molar-refractivity contribution in [2.75, 3.05) is 19.1 Å². The number of amides is 4. The number of nitro groups is 1. The lowest BCUT2D eigenvalue weighted by molar-refractivity contribution is -0.384. The van der Waals surface area contributed by atoms with Gasteiger partial charge in [-0.15, -0.1) is 6.58 Å². The van der Waals surface area contributed by atoms with E-state index in [1.54, 1.807) is 18.2 Å². The molecule has 1 fully saturated rings. The zero-order valence-corrected chi connectivity index (χ0v) is 17.3. The molecule has 3 rings (SSSR count). The highest BCUT2D eigenvalue weighted by Crippen LogP contribution is 2.34. The first-order chi connectivity index (χ1) is 15.3. The number of nitrogens with one attached hydrogen (secondary N) is 1. The maximum Gasteiger partial charge on any atom is 0.335 e. The van der Waals surface area contributed by atoms with Crippen LogP contribution in [0.4, 0.5) is 16.2 Å². The summed E-state index contributed by atoms with van der Waals surface area (Å²) in [4.78, 5) is 48.8. The minimum atomic E-state index is -0.953. The number of barbiturate groups is 1. The van der Waals surface area contributed by atoms with Crippen LogP contribution < -0.4 is 19.7 Å². The largest absolute Gasteiger partial charge is 0.493 e. The Balaban J connectivity index is 2.05. The van der Waals surface area contributed by atoms with Gasteiger partial charge in [-0.05, 0) is 42.3 Å². The van der Waals surface area contributed by atoms with Crippen LogP contribution in [0, 0.1) is 10.1 Å². The molecule has 0 aliphatic carbocycles. The lowest BCUT2D eigenvalue weighted by Gasteiger charge is -2.26. The van der Waals surface area contributed by atoms with Crippen molar-refractivity contribution in [1.82, 2.24) is 5.32 Å². The fraction of sp³-hybridized carbons (Fsp3) is 0.136. The number of carbonyl (C=O) groups excluding carboxylic acids is 3. The molecule has 2 aromatic carbocycles. The number of carbonyl (C=O) groups is 3. The summed E-state index contributed by atoms with van der Waals surface area (Å²) in [5.41, 5.74) is 0.776. The highest BCUT2D eigenvalue weighted by Gasteiger charge is 2.37. The summed E-state index contributed by atoms with van der Waals surface area (Å²) in [5.74, 6) is -0.840. The van der Waals surface area contributed by atoms with E-state index in [-0.39, 0.29) is 16.9 Å². The van der Waals surface area contributed by atoms with Gasteiger partial charge in [0, 0.05) is 17.7 Å². The lowest BCUT2D eigenvalue weighted by atomic mass is 10.0. The summed E-state index contributed by atoms with van der Waals surface area (Å²) in [6.07, 6.45) is 3.45. The number of nitrogens with zero attached hydrogens (tertiary/aromatic N) is 2. The minimum absolute atomic E-state index is 0.0798. The minimum Gasteiger partial charge on any atom is -0.493 e. The van der Waals surface area contributed by atoms with Crippen LogP contribution in [0.15, 0.2) is 54.6 Å². The predicted molar refractivity (Wildman–Crippen MR) is 116 cm³/mol. The first-order valence-electron chi connectivity index (χ1n) is 9.32. The van der Waals surface area contributed by atoms with Gasteiger partial charge in [0.1, 0.15) is 5.57 Å².